The van der Waals surface area contributed by atoms with Gasteiger partial charge in [0.25, 0.3) is 0 Å². The van der Waals surface area contributed by atoms with Crippen LogP contribution in [0, 0.1) is 27.7 Å². The van der Waals surface area contributed by atoms with E-state index in [0.29, 0.717) is 11.2 Å². The molecule has 0 aliphatic heterocycles. The summed E-state index contributed by atoms with van der Waals surface area (Å²) in [6.07, 6.45) is 6.42. The van der Waals surface area contributed by atoms with Gasteiger partial charge in [-0.15, -0.1) is 0 Å². The summed E-state index contributed by atoms with van der Waals surface area (Å²) < 4.78 is 0. The molecule has 3 heteroatoms. The fourth-order valence-electron chi connectivity index (χ4n) is 2.98. The van der Waals surface area contributed by atoms with Crippen LogP contribution < -0.4 is 18.9 Å². The molecule has 0 bridgehead atoms. The van der Waals surface area contributed by atoms with E-state index in [0.717, 1.165) is 14.1 Å². The topological polar surface area (TPSA) is 17.1 Å². The van der Waals surface area contributed by atoms with Gasteiger partial charge in [-0.3, -0.25) is 0 Å². The third-order valence-corrected chi connectivity index (χ3v) is 5.79. The molecule has 0 unspecified atom stereocenters. The molecule has 1 aliphatic carbocycles. The quantitative estimate of drug-likeness (QED) is 0.614. The van der Waals surface area contributed by atoms with Crippen LogP contribution in [-0.4, -0.2) is 11.2 Å². The Balaban J connectivity index is 0.00000200. The number of aryl methyl sites for hydroxylation is 2. The van der Waals surface area contributed by atoms with Crippen molar-refractivity contribution < 1.29 is 23.7 Å². The molecule has 1 aromatic carbocycles. The number of carbonyl (C=O) groups is 1. The van der Waals surface area contributed by atoms with Crippen LogP contribution in [0.1, 0.15) is 64.7 Å². The van der Waals surface area contributed by atoms with Gasteiger partial charge < -0.3 is 13.4 Å². The van der Waals surface area contributed by atoms with Gasteiger partial charge in [0, 0.05) is 5.52 Å². The number of benzene rings is 1. The van der Waals surface area contributed by atoms with E-state index in [1.807, 2.05) is 0 Å². The molecule has 1 fully saturated rings. The molecule has 2 rings (SSSR count). The molecule has 1 aromatic rings. The maximum Gasteiger partial charge on any atom is 1.00 e. The summed E-state index contributed by atoms with van der Waals surface area (Å²) in [6, 6.07) is 2.19. The van der Waals surface area contributed by atoms with Crippen molar-refractivity contribution in [2.24, 2.45) is 0 Å². The normalized spacial score (nSPS) is 16.4. The molecular formula is C17H24LiOP. The third kappa shape index (κ3) is 3.97. The van der Waals surface area contributed by atoms with Crippen LogP contribution in [0.4, 0.5) is 0 Å². The first-order chi connectivity index (χ1) is 9.00. The molecule has 0 heterocycles. The van der Waals surface area contributed by atoms with Gasteiger partial charge >= 0.3 is 18.9 Å². The average Bonchev–Trinajstić information content (AvgIpc) is 2.38. The van der Waals surface area contributed by atoms with Gasteiger partial charge in [0.15, 0.2) is 0 Å². The van der Waals surface area contributed by atoms with Crippen molar-refractivity contribution in [3.63, 3.8) is 0 Å². The SMILES string of the molecule is Cc1cc(C)c(C)c(C(=O)[P-]C2CCCCC2)c1C.[Li+]. The van der Waals surface area contributed by atoms with Gasteiger partial charge in [-0.2, -0.15) is 5.66 Å². The standard InChI is InChI=1S/C17H24OP.Li/c1-11-10-12(2)14(4)16(13(11)3)17(18)19-15-8-6-5-7-9-15;/h10,15H,5-9H2,1-4H3;/q-1;+1. The first-order valence-electron chi connectivity index (χ1n) is 7.33. The van der Waals surface area contributed by atoms with Crippen molar-refractivity contribution in [3.05, 3.63) is 33.9 Å². The van der Waals surface area contributed by atoms with Crippen LogP contribution in [-0.2, 0) is 0 Å². The Labute approximate surface area is 137 Å². The van der Waals surface area contributed by atoms with E-state index >= 15 is 0 Å². The van der Waals surface area contributed by atoms with E-state index in [2.05, 4.69) is 33.8 Å². The molecule has 1 aliphatic rings. The molecule has 20 heavy (non-hydrogen) atoms. The zero-order valence-electron chi connectivity index (χ0n) is 13.5. The Kier molecular flexibility index (Phi) is 7.00. The van der Waals surface area contributed by atoms with Gasteiger partial charge in [-0.25, -0.2) is 0 Å². The largest absolute Gasteiger partial charge is 1.00 e. The smallest absolute Gasteiger partial charge is 0.456 e. The molecule has 0 atom stereocenters. The second-order valence-corrected chi connectivity index (χ2v) is 7.26. The summed E-state index contributed by atoms with van der Waals surface area (Å²) in [5.74, 6) is 0. The predicted octanol–water partition coefficient (Wildman–Crippen LogP) is 2.34. The summed E-state index contributed by atoms with van der Waals surface area (Å²) in [6.45, 7) is 8.39. The molecule has 0 N–H and O–H groups in total. The fraction of sp³-hybridized carbons (Fsp3) is 0.588. The molecule has 1 saturated carbocycles. The fourth-order valence-corrected chi connectivity index (χ4v) is 4.40. The monoisotopic (exact) mass is 282 g/mol. The summed E-state index contributed by atoms with van der Waals surface area (Å²) in [5.41, 5.74) is 6.77. The van der Waals surface area contributed by atoms with Crippen LogP contribution >= 0.6 is 8.58 Å². The van der Waals surface area contributed by atoms with Crippen molar-refractivity contribution in [1.29, 1.82) is 0 Å². The Morgan fingerprint density at radius 1 is 1.00 bits per heavy atom. The van der Waals surface area contributed by atoms with Crippen LogP contribution in [0.25, 0.3) is 0 Å². The van der Waals surface area contributed by atoms with Crippen LogP contribution in [0.15, 0.2) is 6.07 Å². The van der Waals surface area contributed by atoms with Crippen molar-refractivity contribution in [2.45, 2.75) is 65.5 Å². The van der Waals surface area contributed by atoms with Crippen molar-refractivity contribution in [1.82, 2.24) is 0 Å². The number of rotatable bonds is 3. The Morgan fingerprint density at radius 3 is 2.00 bits per heavy atom. The summed E-state index contributed by atoms with van der Waals surface area (Å²) >= 11 is 0. The molecule has 0 saturated heterocycles. The minimum absolute atomic E-state index is 0. The zero-order valence-corrected chi connectivity index (χ0v) is 14.4. The second-order valence-electron chi connectivity index (χ2n) is 5.86. The Morgan fingerprint density at radius 2 is 1.50 bits per heavy atom. The van der Waals surface area contributed by atoms with E-state index in [1.165, 1.54) is 54.4 Å². The third-order valence-electron chi connectivity index (χ3n) is 4.45. The van der Waals surface area contributed by atoms with E-state index in [-0.39, 0.29) is 18.9 Å². The Bertz CT molecular complexity index is 464. The number of hydrogen-bond donors (Lipinski definition) is 0. The average molecular weight is 282 g/mol. The van der Waals surface area contributed by atoms with Crippen LogP contribution in [0.5, 0.6) is 0 Å². The van der Waals surface area contributed by atoms with Crippen LogP contribution in [0.3, 0.4) is 0 Å². The van der Waals surface area contributed by atoms with Gasteiger partial charge in [0.05, 0.1) is 0 Å². The van der Waals surface area contributed by atoms with Crippen LogP contribution in [0.2, 0.25) is 0 Å². The summed E-state index contributed by atoms with van der Waals surface area (Å²) in [4.78, 5) is 12.6. The maximum atomic E-state index is 12.6. The van der Waals surface area contributed by atoms with E-state index in [4.69, 9.17) is 0 Å². The predicted molar refractivity (Wildman–Crippen MR) is 83.5 cm³/mol. The minimum Gasteiger partial charge on any atom is -0.456 e. The number of carbonyl (C=O) groups excluding carboxylic acids is 1. The second kappa shape index (κ2) is 7.79. The summed E-state index contributed by atoms with van der Waals surface area (Å²) in [5, 5.41) is 0. The van der Waals surface area contributed by atoms with Crippen molar-refractivity contribution >= 4 is 14.1 Å². The van der Waals surface area contributed by atoms with Gasteiger partial charge in [-0.1, -0.05) is 38.2 Å². The maximum absolute atomic E-state index is 12.6. The van der Waals surface area contributed by atoms with E-state index in [9.17, 15) is 4.79 Å². The number of hydrogen-bond acceptors (Lipinski definition) is 1. The first-order valence-corrected chi connectivity index (χ1v) is 8.29. The first kappa shape index (κ1) is 18.0. The molecule has 0 amide bonds. The van der Waals surface area contributed by atoms with E-state index < -0.39 is 0 Å². The molecular weight excluding hydrogens is 258 g/mol. The molecule has 0 spiro atoms. The van der Waals surface area contributed by atoms with Gasteiger partial charge in [0.1, 0.15) is 0 Å². The molecule has 0 aromatic heterocycles. The molecule has 1 nitrogen and oxygen atoms in total. The Hall–Kier alpha value is -0.0826. The minimum atomic E-state index is 0. The molecule has 0 radical (unpaired) electrons. The van der Waals surface area contributed by atoms with Gasteiger partial charge in [0.2, 0.25) is 0 Å². The summed E-state index contributed by atoms with van der Waals surface area (Å²) in [7, 11) is 1.03. The van der Waals surface area contributed by atoms with E-state index in [1.54, 1.807) is 0 Å². The van der Waals surface area contributed by atoms with Crippen molar-refractivity contribution in [3.8, 4) is 0 Å². The van der Waals surface area contributed by atoms with Crippen molar-refractivity contribution in [2.75, 3.05) is 0 Å². The van der Waals surface area contributed by atoms with Gasteiger partial charge in [-0.05, 0) is 55.5 Å². The molecule has 104 valence electrons. The zero-order chi connectivity index (χ0) is 14.0.